The topological polar surface area (TPSA) is 188 Å². The number of nitrogens with zero attached hydrogens (tertiary/aromatic N) is 12. The van der Waals surface area contributed by atoms with E-state index >= 15 is 0 Å². The van der Waals surface area contributed by atoms with Crippen LogP contribution in [0.1, 0.15) is 60.3 Å². The maximum Gasteiger partial charge on any atom is 0.211 e. The van der Waals surface area contributed by atoms with Crippen molar-refractivity contribution < 1.29 is 30.7 Å². The van der Waals surface area contributed by atoms with Crippen LogP contribution in [0.5, 0.6) is 0 Å². The Labute approximate surface area is 416 Å². The lowest BCUT2D eigenvalue weighted by atomic mass is 9.94. The molecular weight excluding hydrogens is 1000 g/mol. The number of fused-ring (bicyclic) bond motifs is 2. The molecular formula is C46H49ClF2N12O5S4. The lowest BCUT2D eigenvalue weighted by Gasteiger charge is -2.29. The molecule has 0 saturated carbocycles. The van der Waals surface area contributed by atoms with Gasteiger partial charge in [0.2, 0.25) is 20.0 Å². The van der Waals surface area contributed by atoms with Gasteiger partial charge in [-0.3, -0.25) is 0 Å². The number of rotatable bonds is 12. The highest BCUT2D eigenvalue weighted by Gasteiger charge is 2.30. The molecule has 2 aliphatic heterocycles. The fourth-order valence-corrected chi connectivity index (χ4v) is 12.3. The summed E-state index contributed by atoms with van der Waals surface area (Å²) in [4.78, 5) is 22.4. The quantitative estimate of drug-likeness (QED) is 0.116. The minimum Gasteiger partial charge on any atom is -0.390 e. The summed E-state index contributed by atoms with van der Waals surface area (Å²) in [6.45, 7) is 1.64. The van der Waals surface area contributed by atoms with E-state index in [1.807, 2.05) is 58.9 Å². The molecule has 1 N–H and O–H groups in total. The number of aliphatic hydroxyl groups is 1. The first-order valence-electron chi connectivity index (χ1n) is 22.2. The average Bonchev–Trinajstić information content (AvgIpc) is 4.19. The van der Waals surface area contributed by atoms with Gasteiger partial charge in [-0.1, -0.05) is 0 Å². The molecule has 17 nitrogen and oxygen atoms in total. The zero-order valence-electron chi connectivity index (χ0n) is 38.5. The van der Waals surface area contributed by atoms with Crippen molar-refractivity contribution in [2.24, 2.45) is 0 Å². The van der Waals surface area contributed by atoms with E-state index in [1.54, 1.807) is 33.3 Å². The van der Waals surface area contributed by atoms with Crippen molar-refractivity contribution >= 4 is 87.5 Å². The van der Waals surface area contributed by atoms with Gasteiger partial charge in [-0.15, -0.1) is 34.3 Å². The van der Waals surface area contributed by atoms with Crippen LogP contribution in [-0.4, -0.2) is 123 Å². The highest BCUT2D eigenvalue weighted by molar-refractivity contribution is 7.88. The highest BCUT2D eigenvalue weighted by atomic mass is 35.5. The van der Waals surface area contributed by atoms with Gasteiger partial charge in [0, 0.05) is 74.0 Å². The Balaban J connectivity index is 0.000000174. The van der Waals surface area contributed by atoms with Crippen LogP contribution in [0.15, 0.2) is 83.6 Å². The monoisotopic (exact) mass is 1050 g/mol. The number of halogens is 3. The Morgan fingerprint density at radius 1 is 0.614 bits per heavy atom. The van der Waals surface area contributed by atoms with Gasteiger partial charge in [0.1, 0.15) is 23.0 Å². The third kappa shape index (κ3) is 10.4. The second kappa shape index (κ2) is 20.3. The lowest BCUT2D eigenvalue weighted by Crippen LogP contribution is -2.37. The number of aliphatic hydroxyl groups excluding tert-OH is 1. The van der Waals surface area contributed by atoms with E-state index in [0.717, 1.165) is 44.9 Å². The van der Waals surface area contributed by atoms with Crippen molar-refractivity contribution in [1.82, 2.24) is 47.8 Å². The standard InChI is InChI=1S/C23H24ClFN6O2S2.C23H25FN6O3S2/c1-29(23-27-20(14-34-23)15-3-5-17(25)6-4-15)22-19(13-24)26-21-8-7-18(28-31(21)22)16-9-11-30(12-10-16)35(2,32)33;1-28(23-26-20(14-34-23)15-3-5-17(24)6-4-15)22-19(13-31)25-21-8-7-18(27-30(21)22)16-9-11-29(12-10-16)35(2,32)33/h3-8,14,16H,9-13H2,1-2H3;3-8,14,16,31H,9-13H2,1-2H3. The van der Waals surface area contributed by atoms with Crippen LogP contribution in [0, 0.1) is 11.6 Å². The summed E-state index contributed by atoms with van der Waals surface area (Å²) in [7, 11) is -2.64. The van der Waals surface area contributed by atoms with Crippen LogP contribution in [0.2, 0.25) is 0 Å². The van der Waals surface area contributed by atoms with Gasteiger partial charge in [0.05, 0.1) is 47.8 Å². The largest absolute Gasteiger partial charge is 0.390 e. The zero-order chi connectivity index (χ0) is 49.5. The molecule has 0 bridgehead atoms. The van der Waals surface area contributed by atoms with Crippen molar-refractivity contribution in [3.8, 4) is 22.5 Å². The van der Waals surface area contributed by atoms with E-state index in [-0.39, 0.29) is 36.0 Å². The fraction of sp³-hybridized carbons (Fsp3) is 0.348. The molecule has 0 spiro atoms. The van der Waals surface area contributed by atoms with Crippen molar-refractivity contribution in [3.05, 3.63) is 118 Å². The predicted octanol–water partition coefficient (Wildman–Crippen LogP) is 8.03. The van der Waals surface area contributed by atoms with E-state index in [2.05, 4.69) is 9.97 Å². The third-order valence-electron chi connectivity index (χ3n) is 12.5. The van der Waals surface area contributed by atoms with Gasteiger partial charge in [0.25, 0.3) is 0 Å². The minimum absolute atomic E-state index is 0.125. The summed E-state index contributed by atoms with van der Waals surface area (Å²) in [5.74, 6) is 1.23. The van der Waals surface area contributed by atoms with E-state index < -0.39 is 20.0 Å². The van der Waals surface area contributed by atoms with Gasteiger partial charge in [-0.2, -0.15) is 19.2 Å². The molecule has 368 valence electrons. The average molecular weight is 1050 g/mol. The maximum absolute atomic E-state index is 13.3. The lowest BCUT2D eigenvalue weighted by molar-refractivity contribution is 0.278. The smallest absolute Gasteiger partial charge is 0.211 e. The fourth-order valence-electron chi connectivity index (χ4n) is 8.76. The number of hydrogen-bond donors (Lipinski definition) is 1. The Hall–Kier alpha value is -5.53. The van der Waals surface area contributed by atoms with Crippen LogP contribution >= 0.6 is 34.3 Å². The highest BCUT2D eigenvalue weighted by Crippen LogP contribution is 2.37. The summed E-state index contributed by atoms with van der Waals surface area (Å²) < 4.78 is 80.5. The number of alkyl halides is 1. The van der Waals surface area contributed by atoms with Gasteiger partial charge < -0.3 is 14.9 Å². The maximum atomic E-state index is 13.3. The number of imidazole rings is 2. The molecule has 2 aromatic carbocycles. The Kier molecular flexibility index (Phi) is 14.3. The molecule has 8 aromatic rings. The van der Waals surface area contributed by atoms with Gasteiger partial charge in [0.15, 0.2) is 33.2 Å². The van der Waals surface area contributed by atoms with Crippen LogP contribution in [0.25, 0.3) is 33.8 Å². The molecule has 8 heterocycles. The molecule has 0 atom stereocenters. The predicted molar refractivity (Wildman–Crippen MR) is 269 cm³/mol. The van der Waals surface area contributed by atoms with E-state index in [4.69, 9.17) is 31.8 Å². The Bertz CT molecular complexity index is 3150. The second-order valence-corrected chi connectivity index (χ2v) is 23.1. The number of benzene rings is 2. The molecule has 10 rings (SSSR count). The molecule has 2 aliphatic rings. The molecule has 0 unspecified atom stereocenters. The number of sulfonamides is 2. The van der Waals surface area contributed by atoms with Crippen LogP contribution in [0.3, 0.4) is 0 Å². The minimum atomic E-state index is -3.20. The molecule has 0 amide bonds. The van der Waals surface area contributed by atoms with E-state index in [0.29, 0.717) is 85.5 Å². The normalized spacial score (nSPS) is 15.7. The summed E-state index contributed by atoms with van der Waals surface area (Å²) >= 11 is 9.14. The van der Waals surface area contributed by atoms with Crippen molar-refractivity contribution in [3.63, 3.8) is 0 Å². The summed E-state index contributed by atoms with van der Waals surface area (Å²) in [6, 6.07) is 20.1. The number of hydrogen-bond acceptors (Lipinski definition) is 15. The van der Waals surface area contributed by atoms with Crippen LogP contribution in [0.4, 0.5) is 30.7 Å². The first-order chi connectivity index (χ1) is 33.5. The number of aromatic nitrogens is 8. The van der Waals surface area contributed by atoms with Crippen LogP contribution in [-0.2, 0) is 32.5 Å². The van der Waals surface area contributed by atoms with Gasteiger partial charge in [-0.05, 0) is 98.5 Å². The van der Waals surface area contributed by atoms with E-state index in [1.165, 1.54) is 68.1 Å². The molecule has 6 aromatic heterocycles. The molecule has 70 heavy (non-hydrogen) atoms. The molecule has 0 radical (unpaired) electrons. The third-order valence-corrected chi connectivity index (χ3v) is 17.2. The first kappa shape index (κ1) is 49.5. The van der Waals surface area contributed by atoms with Crippen molar-refractivity contribution in [2.45, 2.75) is 50.0 Å². The number of anilines is 4. The molecule has 24 heteroatoms. The van der Waals surface area contributed by atoms with Crippen LogP contribution < -0.4 is 9.80 Å². The van der Waals surface area contributed by atoms with Gasteiger partial charge >= 0.3 is 0 Å². The van der Waals surface area contributed by atoms with Crippen molar-refractivity contribution in [2.75, 3.05) is 62.6 Å². The van der Waals surface area contributed by atoms with Gasteiger partial charge in [-0.25, -0.2) is 54.2 Å². The van der Waals surface area contributed by atoms with E-state index in [9.17, 15) is 30.7 Å². The molecule has 2 fully saturated rings. The first-order valence-corrected chi connectivity index (χ1v) is 28.2. The molecule has 2 saturated heterocycles. The SMILES string of the molecule is CN(c1nc(-c2ccc(F)cc2)cs1)c1c(CCl)nc2ccc(C3CCN(S(C)(=O)=O)CC3)nn12.CN(c1nc(-c2ccc(F)cc2)cs1)c1c(CO)nc2ccc(C3CCN(S(C)(=O)=O)CC3)nn12. The summed E-state index contributed by atoms with van der Waals surface area (Å²) in [5, 5.41) is 25.0. The number of thiazole rings is 2. The Morgan fingerprint density at radius 3 is 1.37 bits per heavy atom. The Morgan fingerprint density at radius 2 is 1.00 bits per heavy atom. The summed E-state index contributed by atoms with van der Waals surface area (Å²) in [5.41, 5.74) is 7.30. The number of piperidine rings is 2. The second-order valence-electron chi connectivity index (χ2n) is 17.1. The molecule has 0 aliphatic carbocycles. The van der Waals surface area contributed by atoms with Crippen molar-refractivity contribution in [1.29, 1.82) is 0 Å². The summed E-state index contributed by atoms with van der Waals surface area (Å²) in [6.07, 6.45) is 5.28. The zero-order valence-corrected chi connectivity index (χ0v) is 42.5.